The summed E-state index contributed by atoms with van der Waals surface area (Å²) in [6.07, 6.45) is 5.57. The fourth-order valence-corrected chi connectivity index (χ4v) is 2.88. The fourth-order valence-electron chi connectivity index (χ4n) is 2.88. The molecule has 3 heterocycles. The standard InChI is InChI=1S/C15H12N6O.C5H11N/c1-17-12-6-11-13(15(22)19-8-18-11)14(21-12)20-10-4-2-9(7-16)3-5-10;1-2-4-6-5-3-1/h2-6,8H,1H3,(H2,17,20,21)(H,18,19,22);6H,1-5H2. The van der Waals surface area contributed by atoms with Gasteiger partial charge in [0.15, 0.2) is 0 Å². The number of piperidine rings is 1. The molecule has 0 spiro atoms. The predicted octanol–water partition coefficient (Wildman–Crippen LogP) is 2.73. The van der Waals surface area contributed by atoms with Crippen molar-refractivity contribution in [2.45, 2.75) is 19.3 Å². The highest BCUT2D eigenvalue weighted by molar-refractivity contribution is 5.91. The average molecular weight is 377 g/mol. The fraction of sp³-hybridized carbons (Fsp3) is 0.300. The van der Waals surface area contributed by atoms with E-state index < -0.39 is 0 Å². The van der Waals surface area contributed by atoms with Gasteiger partial charge in [-0.15, -0.1) is 0 Å². The van der Waals surface area contributed by atoms with Gasteiger partial charge in [-0.2, -0.15) is 5.26 Å². The van der Waals surface area contributed by atoms with Crippen LogP contribution < -0.4 is 21.5 Å². The first kappa shape index (κ1) is 19.3. The number of pyridine rings is 1. The summed E-state index contributed by atoms with van der Waals surface area (Å²) in [4.78, 5) is 23.1. The van der Waals surface area contributed by atoms with Crippen LogP contribution in [0.1, 0.15) is 24.8 Å². The van der Waals surface area contributed by atoms with Crippen LogP contribution >= 0.6 is 0 Å². The molecule has 144 valence electrons. The van der Waals surface area contributed by atoms with Gasteiger partial charge in [0, 0.05) is 18.8 Å². The first-order valence-electron chi connectivity index (χ1n) is 9.25. The molecule has 8 nitrogen and oxygen atoms in total. The Labute approximate surface area is 163 Å². The van der Waals surface area contributed by atoms with Crippen molar-refractivity contribution in [1.82, 2.24) is 20.3 Å². The lowest BCUT2D eigenvalue weighted by Gasteiger charge is -2.10. The third kappa shape index (κ3) is 4.84. The van der Waals surface area contributed by atoms with Crippen molar-refractivity contribution in [2.24, 2.45) is 0 Å². The van der Waals surface area contributed by atoms with Crippen molar-refractivity contribution in [3.05, 3.63) is 52.6 Å². The number of nitrogens with zero attached hydrogens (tertiary/aromatic N) is 3. The predicted molar refractivity (Wildman–Crippen MR) is 111 cm³/mol. The number of rotatable bonds is 3. The van der Waals surface area contributed by atoms with Crippen molar-refractivity contribution < 1.29 is 0 Å². The van der Waals surface area contributed by atoms with Crippen molar-refractivity contribution >= 4 is 28.2 Å². The van der Waals surface area contributed by atoms with E-state index in [0.717, 1.165) is 5.69 Å². The molecule has 0 amide bonds. The molecule has 0 unspecified atom stereocenters. The number of nitrogens with one attached hydrogen (secondary N) is 4. The van der Waals surface area contributed by atoms with Crippen LogP contribution in [0.5, 0.6) is 0 Å². The summed E-state index contributed by atoms with van der Waals surface area (Å²) in [7, 11) is 1.74. The van der Waals surface area contributed by atoms with Crippen LogP contribution in [0.2, 0.25) is 0 Å². The molecule has 0 radical (unpaired) electrons. The molecule has 8 heteroatoms. The molecule has 0 bridgehead atoms. The second kappa shape index (κ2) is 9.48. The van der Waals surface area contributed by atoms with Gasteiger partial charge in [-0.1, -0.05) is 6.42 Å². The minimum absolute atomic E-state index is 0.267. The first-order valence-corrected chi connectivity index (χ1v) is 9.25. The van der Waals surface area contributed by atoms with E-state index in [-0.39, 0.29) is 5.56 Å². The highest BCUT2D eigenvalue weighted by atomic mass is 16.1. The lowest BCUT2D eigenvalue weighted by molar-refractivity contribution is 0.520. The van der Waals surface area contributed by atoms with Crippen LogP contribution in [0.4, 0.5) is 17.3 Å². The molecule has 4 N–H and O–H groups in total. The van der Waals surface area contributed by atoms with Crippen molar-refractivity contribution in [1.29, 1.82) is 5.26 Å². The van der Waals surface area contributed by atoms with Gasteiger partial charge in [-0.05, 0) is 50.2 Å². The van der Waals surface area contributed by atoms with E-state index in [1.54, 1.807) is 37.4 Å². The largest absolute Gasteiger partial charge is 0.373 e. The van der Waals surface area contributed by atoms with E-state index in [4.69, 9.17) is 5.26 Å². The lowest BCUT2D eigenvalue weighted by atomic mass is 10.2. The number of nitriles is 1. The molecule has 2 aromatic heterocycles. The number of anilines is 3. The molecule has 28 heavy (non-hydrogen) atoms. The molecule has 0 aliphatic carbocycles. The Morgan fingerprint density at radius 1 is 1.14 bits per heavy atom. The van der Waals surface area contributed by atoms with Gasteiger partial charge < -0.3 is 20.9 Å². The lowest BCUT2D eigenvalue weighted by Crippen LogP contribution is -2.21. The van der Waals surface area contributed by atoms with E-state index in [1.807, 2.05) is 0 Å². The summed E-state index contributed by atoms with van der Waals surface area (Å²) in [5.41, 5.74) is 1.56. The summed E-state index contributed by atoms with van der Waals surface area (Å²) in [6.45, 7) is 2.50. The molecule has 1 saturated heterocycles. The van der Waals surface area contributed by atoms with E-state index in [9.17, 15) is 4.79 Å². The van der Waals surface area contributed by atoms with E-state index in [2.05, 4.69) is 37.0 Å². The number of fused-ring (bicyclic) bond motifs is 1. The SMILES string of the molecule is C1CCNCC1.CNc1cc2nc[nH]c(=O)c2c(Nc2ccc(C#N)cc2)n1. The molecular formula is C20H23N7O. The maximum atomic E-state index is 12.1. The van der Waals surface area contributed by atoms with E-state index >= 15 is 0 Å². The van der Waals surface area contributed by atoms with Crippen LogP contribution in [-0.4, -0.2) is 35.1 Å². The van der Waals surface area contributed by atoms with Gasteiger partial charge in [-0.3, -0.25) is 4.79 Å². The van der Waals surface area contributed by atoms with Crippen LogP contribution in [0.25, 0.3) is 10.9 Å². The summed E-state index contributed by atoms with van der Waals surface area (Å²) >= 11 is 0. The van der Waals surface area contributed by atoms with Gasteiger partial charge in [0.1, 0.15) is 17.0 Å². The van der Waals surface area contributed by atoms with Gasteiger partial charge >= 0.3 is 0 Å². The Balaban J connectivity index is 0.000000320. The Morgan fingerprint density at radius 2 is 1.89 bits per heavy atom. The van der Waals surface area contributed by atoms with Crippen molar-refractivity contribution in [2.75, 3.05) is 30.8 Å². The maximum Gasteiger partial charge on any atom is 0.262 e. The normalized spacial score (nSPS) is 13.1. The first-order chi connectivity index (χ1) is 13.7. The maximum absolute atomic E-state index is 12.1. The zero-order valence-corrected chi connectivity index (χ0v) is 15.7. The van der Waals surface area contributed by atoms with Gasteiger partial charge in [0.05, 0.1) is 23.5 Å². The quantitative estimate of drug-likeness (QED) is 0.554. The number of H-pyrrole nitrogens is 1. The van der Waals surface area contributed by atoms with Gasteiger partial charge in [0.2, 0.25) is 0 Å². The topological polar surface area (TPSA) is 119 Å². The second-order valence-corrected chi connectivity index (χ2v) is 6.36. The summed E-state index contributed by atoms with van der Waals surface area (Å²) in [5.74, 6) is 1.00. The average Bonchev–Trinajstić information content (AvgIpc) is 2.76. The highest BCUT2D eigenvalue weighted by Gasteiger charge is 2.10. The molecule has 1 fully saturated rings. The minimum Gasteiger partial charge on any atom is -0.373 e. The molecule has 0 saturated carbocycles. The van der Waals surface area contributed by atoms with Crippen LogP contribution in [0.3, 0.4) is 0 Å². The molecule has 3 aromatic rings. The highest BCUT2D eigenvalue weighted by Crippen LogP contribution is 2.23. The molecular weight excluding hydrogens is 354 g/mol. The third-order valence-electron chi connectivity index (χ3n) is 4.36. The molecule has 4 rings (SSSR count). The summed E-state index contributed by atoms with van der Waals surface area (Å²) < 4.78 is 0. The summed E-state index contributed by atoms with van der Waals surface area (Å²) in [5, 5.41) is 18.5. The van der Waals surface area contributed by atoms with E-state index in [0.29, 0.717) is 28.1 Å². The Kier molecular flexibility index (Phi) is 6.54. The van der Waals surface area contributed by atoms with Crippen molar-refractivity contribution in [3.8, 4) is 6.07 Å². The second-order valence-electron chi connectivity index (χ2n) is 6.36. The monoisotopic (exact) mass is 377 g/mol. The van der Waals surface area contributed by atoms with Crippen LogP contribution in [-0.2, 0) is 0 Å². The molecule has 1 aromatic carbocycles. The molecule has 1 aliphatic rings. The molecule has 0 atom stereocenters. The minimum atomic E-state index is -0.267. The Bertz CT molecular complexity index is 1010. The van der Waals surface area contributed by atoms with Crippen LogP contribution in [0, 0.1) is 11.3 Å². The number of hydrogen-bond acceptors (Lipinski definition) is 7. The number of aromatic amines is 1. The van der Waals surface area contributed by atoms with Gasteiger partial charge in [-0.25, -0.2) is 9.97 Å². The number of hydrogen-bond donors (Lipinski definition) is 4. The number of benzene rings is 1. The van der Waals surface area contributed by atoms with Crippen molar-refractivity contribution in [3.63, 3.8) is 0 Å². The smallest absolute Gasteiger partial charge is 0.262 e. The summed E-state index contributed by atoms with van der Waals surface area (Å²) in [6, 6.07) is 10.6. The zero-order chi connectivity index (χ0) is 19.8. The zero-order valence-electron chi connectivity index (χ0n) is 15.7. The molecule has 1 aliphatic heterocycles. The Morgan fingerprint density at radius 3 is 2.46 bits per heavy atom. The number of aromatic nitrogens is 3. The van der Waals surface area contributed by atoms with Gasteiger partial charge in [0.25, 0.3) is 5.56 Å². The van der Waals surface area contributed by atoms with E-state index in [1.165, 1.54) is 38.7 Å². The van der Waals surface area contributed by atoms with Crippen LogP contribution in [0.15, 0.2) is 41.5 Å². The Hall–Kier alpha value is -3.44. The third-order valence-corrected chi connectivity index (χ3v) is 4.36.